The molecule has 196 valence electrons. The van der Waals surface area contributed by atoms with Crippen LogP contribution in [0.25, 0.3) is 0 Å². The van der Waals surface area contributed by atoms with Gasteiger partial charge < -0.3 is 21.7 Å². The standard InChI is InChI=1S/C24H30ClN9O3/c1-13(2)9-16(35)10-15-4-3-14(11-28-15)22(37)34-7-5-24(6-8-34)12-29-23(33-24)32-21(36)17-19(26)31-20(27)18(25)30-17/h3-4,11,13H,5-10,12H2,1-2H3,(H4,26,27,31)(H2,29,32,33,36). The fraction of sp³-hybridized carbons (Fsp3) is 0.458. The summed E-state index contributed by atoms with van der Waals surface area (Å²) in [5.41, 5.74) is 11.9. The zero-order valence-corrected chi connectivity index (χ0v) is 21.5. The number of halogens is 1. The van der Waals surface area contributed by atoms with Crippen LogP contribution in [0.15, 0.2) is 23.3 Å². The topological polar surface area (TPSA) is 182 Å². The number of nitrogens with zero attached hydrogens (tertiary/aromatic N) is 5. The number of nitrogen functional groups attached to an aromatic ring is 2. The molecule has 1 fully saturated rings. The van der Waals surface area contributed by atoms with Crippen molar-refractivity contribution in [2.75, 3.05) is 31.1 Å². The number of hydrogen-bond donors (Lipinski definition) is 4. The number of hydrogen-bond acceptors (Lipinski definition) is 10. The lowest BCUT2D eigenvalue weighted by Gasteiger charge is -2.39. The van der Waals surface area contributed by atoms with Crippen LogP contribution in [0.2, 0.25) is 5.15 Å². The molecule has 0 unspecified atom stereocenters. The number of carbonyl (C=O) groups excluding carboxylic acids is 3. The number of pyridine rings is 1. The van der Waals surface area contributed by atoms with Crippen molar-refractivity contribution >= 4 is 46.8 Å². The summed E-state index contributed by atoms with van der Waals surface area (Å²) in [6.45, 7) is 5.49. The Balaban J connectivity index is 1.29. The Morgan fingerprint density at radius 3 is 2.54 bits per heavy atom. The number of aliphatic imine (C=N–C) groups is 1. The molecule has 2 aromatic rings. The van der Waals surface area contributed by atoms with Crippen molar-refractivity contribution in [2.24, 2.45) is 10.9 Å². The molecule has 12 nitrogen and oxygen atoms in total. The van der Waals surface area contributed by atoms with E-state index >= 15 is 0 Å². The smallest absolute Gasteiger partial charge is 0.280 e. The zero-order chi connectivity index (χ0) is 26.7. The Labute approximate surface area is 219 Å². The van der Waals surface area contributed by atoms with Gasteiger partial charge in [-0.3, -0.25) is 29.7 Å². The van der Waals surface area contributed by atoms with E-state index in [1.54, 1.807) is 17.0 Å². The monoisotopic (exact) mass is 527 g/mol. The molecule has 0 aromatic carbocycles. The lowest BCUT2D eigenvalue weighted by Crippen LogP contribution is -2.57. The summed E-state index contributed by atoms with van der Waals surface area (Å²) in [6, 6.07) is 3.46. The van der Waals surface area contributed by atoms with Crippen molar-refractivity contribution in [3.63, 3.8) is 0 Å². The van der Waals surface area contributed by atoms with E-state index in [9.17, 15) is 14.4 Å². The number of nitrogens with two attached hydrogens (primary N) is 2. The molecule has 1 saturated heterocycles. The van der Waals surface area contributed by atoms with Crippen molar-refractivity contribution in [1.29, 1.82) is 0 Å². The zero-order valence-electron chi connectivity index (χ0n) is 20.8. The second-order valence-electron chi connectivity index (χ2n) is 9.80. The van der Waals surface area contributed by atoms with Gasteiger partial charge in [0.2, 0.25) is 0 Å². The highest BCUT2D eigenvalue weighted by Crippen LogP contribution is 2.27. The van der Waals surface area contributed by atoms with Crippen LogP contribution in [0.4, 0.5) is 11.6 Å². The summed E-state index contributed by atoms with van der Waals surface area (Å²) in [6.07, 6.45) is 3.61. The molecule has 2 amide bonds. The first-order valence-corrected chi connectivity index (χ1v) is 12.4. The molecule has 2 aromatic heterocycles. The number of likely N-dealkylation sites (tertiary alicyclic amines) is 1. The summed E-state index contributed by atoms with van der Waals surface area (Å²) < 4.78 is 0. The third-order valence-corrected chi connectivity index (χ3v) is 6.65. The quantitative estimate of drug-likeness (QED) is 0.429. The van der Waals surface area contributed by atoms with Crippen LogP contribution in [0.1, 0.15) is 59.7 Å². The summed E-state index contributed by atoms with van der Waals surface area (Å²) in [5, 5.41) is 5.82. The number of ketones is 1. The molecule has 4 heterocycles. The van der Waals surface area contributed by atoms with Gasteiger partial charge in [-0.05, 0) is 30.9 Å². The molecule has 2 aliphatic rings. The highest BCUT2D eigenvalue weighted by atomic mass is 35.5. The van der Waals surface area contributed by atoms with Crippen molar-refractivity contribution in [1.82, 2.24) is 30.5 Å². The van der Waals surface area contributed by atoms with Gasteiger partial charge in [-0.25, -0.2) is 9.97 Å². The fourth-order valence-electron chi connectivity index (χ4n) is 4.40. The van der Waals surface area contributed by atoms with Crippen LogP contribution in [-0.2, 0) is 11.2 Å². The van der Waals surface area contributed by atoms with Gasteiger partial charge in [0.05, 0.1) is 17.6 Å². The van der Waals surface area contributed by atoms with E-state index < -0.39 is 5.91 Å². The minimum absolute atomic E-state index is 0.0595. The van der Waals surface area contributed by atoms with Crippen molar-refractivity contribution in [3.05, 3.63) is 40.4 Å². The Morgan fingerprint density at radius 2 is 1.89 bits per heavy atom. The van der Waals surface area contributed by atoms with Gasteiger partial charge in [0.1, 0.15) is 5.78 Å². The predicted octanol–water partition coefficient (Wildman–Crippen LogP) is 1.21. The maximum absolute atomic E-state index is 13.0. The first kappa shape index (κ1) is 26.3. The van der Waals surface area contributed by atoms with Gasteiger partial charge in [0.15, 0.2) is 28.4 Å². The molecular weight excluding hydrogens is 498 g/mol. The largest absolute Gasteiger partial charge is 0.382 e. The Bertz CT molecular complexity index is 1240. The first-order chi connectivity index (χ1) is 17.5. The number of piperidine rings is 1. The fourth-order valence-corrected chi connectivity index (χ4v) is 4.52. The Kier molecular flexibility index (Phi) is 7.58. The lowest BCUT2D eigenvalue weighted by atomic mass is 9.88. The first-order valence-electron chi connectivity index (χ1n) is 12.0. The van der Waals surface area contributed by atoms with Crippen molar-refractivity contribution in [2.45, 2.75) is 45.1 Å². The van der Waals surface area contributed by atoms with Gasteiger partial charge >= 0.3 is 0 Å². The van der Waals surface area contributed by atoms with Gasteiger partial charge in [-0.1, -0.05) is 25.4 Å². The van der Waals surface area contributed by atoms with Crippen LogP contribution in [-0.4, -0.2) is 68.6 Å². The van der Waals surface area contributed by atoms with Gasteiger partial charge in [-0.2, -0.15) is 0 Å². The molecule has 1 spiro atoms. The number of nitrogens with one attached hydrogen (secondary N) is 2. The average molecular weight is 528 g/mol. The highest BCUT2D eigenvalue weighted by Gasteiger charge is 2.40. The van der Waals surface area contributed by atoms with Crippen LogP contribution in [0.3, 0.4) is 0 Å². The van der Waals surface area contributed by atoms with Crippen LogP contribution in [0, 0.1) is 5.92 Å². The van der Waals surface area contributed by atoms with E-state index in [-0.39, 0.29) is 46.1 Å². The number of anilines is 2. The molecular formula is C24H30ClN9O3. The molecule has 0 saturated carbocycles. The lowest BCUT2D eigenvalue weighted by molar-refractivity contribution is -0.119. The van der Waals surface area contributed by atoms with E-state index in [1.807, 2.05) is 13.8 Å². The summed E-state index contributed by atoms with van der Waals surface area (Å²) in [5.74, 6) is -0.170. The minimum Gasteiger partial charge on any atom is -0.382 e. The molecule has 6 N–H and O–H groups in total. The third-order valence-electron chi connectivity index (χ3n) is 6.37. The van der Waals surface area contributed by atoms with Gasteiger partial charge in [0.25, 0.3) is 11.8 Å². The molecule has 37 heavy (non-hydrogen) atoms. The number of carbonyl (C=O) groups is 3. The van der Waals surface area contributed by atoms with E-state index in [4.69, 9.17) is 23.1 Å². The summed E-state index contributed by atoms with van der Waals surface area (Å²) in [7, 11) is 0. The van der Waals surface area contributed by atoms with Crippen LogP contribution in [0.5, 0.6) is 0 Å². The van der Waals surface area contributed by atoms with E-state index in [0.29, 0.717) is 62.0 Å². The molecule has 13 heteroatoms. The average Bonchev–Trinajstić information content (AvgIpc) is 3.23. The van der Waals surface area contributed by atoms with Gasteiger partial charge in [-0.15, -0.1) is 0 Å². The summed E-state index contributed by atoms with van der Waals surface area (Å²) >= 11 is 5.86. The summed E-state index contributed by atoms with van der Waals surface area (Å²) in [4.78, 5) is 55.8. The molecule has 0 bridgehead atoms. The molecule has 0 aliphatic carbocycles. The van der Waals surface area contributed by atoms with Crippen LogP contribution >= 0.6 is 11.6 Å². The van der Waals surface area contributed by atoms with E-state index in [1.165, 1.54) is 6.20 Å². The van der Waals surface area contributed by atoms with Gasteiger partial charge in [0, 0.05) is 37.8 Å². The maximum atomic E-state index is 13.0. The predicted molar refractivity (Wildman–Crippen MR) is 139 cm³/mol. The number of guanidine groups is 1. The highest BCUT2D eigenvalue weighted by molar-refractivity contribution is 6.31. The second-order valence-corrected chi connectivity index (χ2v) is 10.2. The Hall–Kier alpha value is -3.80. The number of rotatable bonds is 6. The van der Waals surface area contributed by atoms with Crippen molar-refractivity contribution < 1.29 is 14.4 Å². The maximum Gasteiger partial charge on any atom is 0.280 e. The van der Waals surface area contributed by atoms with Crippen LogP contribution < -0.4 is 22.1 Å². The molecule has 4 rings (SSSR count). The Morgan fingerprint density at radius 1 is 1.16 bits per heavy atom. The minimum atomic E-state index is -0.607. The van der Waals surface area contributed by atoms with E-state index in [2.05, 4.69) is 30.6 Å². The molecule has 0 atom stereocenters. The SMILES string of the molecule is CC(C)CC(=O)Cc1ccc(C(=O)N2CCC3(CC2)CN=C(NC(=O)c2nc(Cl)c(N)nc2N)N3)cn1. The second kappa shape index (κ2) is 10.7. The normalized spacial score (nSPS) is 16.4. The number of aromatic nitrogens is 3. The van der Waals surface area contributed by atoms with E-state index in [0.717, 1.165) is 0 Å². The van der Waals surface area contributed by atoms with Crippen molar-refractivity contribution in [3.8, 4) is 0 Å². The molecule has 0 radical (unpaired) electrons. The third kappa shape index (κ3) is 6.13. The number of Topliss-reactive ketones (excluding diaryl/α,β-unsaturated/α-hetero) is 1. The molecule has 2 aliphatic heterocycles. The number of amides is 2.